The first-order valence-electron chi connectivity index (χ1n) is 5.45. The Labute approximate surface area is 119 Å². The number of hydrogen-bond donors (Lipinski definition) is 0. The molecule has 0 fully saturated rings. The molecule has 0 saturated heterocycles. The van der Waals surface area contributed by atoms with Crippen LogP contribution in [0.15, 0.2) is 36.4 Å². The van der Waals surface area contributed by atoms with Crippen LogP contribution in [-0.4, -0.2) is 7.11 Å². The molecule has 0 aromatic heterocycles. The lowest BCUT2D eigenvalue weighted by atomic mass is 10.0. The number of alkyl halides is 1. The lowest BCUT2D eigenvalue weighted by molar-refractivity contribution is 0.414. The molecule has 0 spiro atoms. The summed E-state index contributed by atoms with van der Waals surface area (Å²) in [5.74, 6) is -0.768. The quantitative estimate of drug-likeness (QED) is 0.729. The van der Waals surface area contributed by atoms with Gasteiger partial charge in [-0.15, -0.1) is 11.6 Å². The second-order valence-electron chi connectivity index (χ2n) is 3.92. The first kappa shape index (κ1) is 14.1. The Bertz CT molecular complexity index is 602. The highest BCUT2D eigenvalue weighted by molar-refractivity contribution is 6.33. The molecule has 0 aliphatic rings. The van der Waals surface area contributed by atoms with Crippen LogP contribution in [0.25, 0.3) is 0 Å². The topological polar surface area (TPSA) is 9.23 Å². The Morgan fingerprint density at radius 1 is 1.05 bits per heavy atom. The summed E-state index contributed by atoms with van der Waals surface area (Å²) in [7, 11) is 1.52. The third kappa shape index (κ3) is 2.99. The molecule has 0 bridgehead atoms. The van der Waals surface area contributed by atoms with Crippen molar-refractivity contribution in [1.82, 2.24) is 0 Å². The van der Waals surface area contributed by atoms with Gasteiger partial charge in [-0.2, -0.15) is 0 Å². The highest BCUT2D eigenvalue weighted by atomic mass is 35.5. The molecule has 0 amide bonds. The van der Waals surface area contributed by atoms with Crippen molar-refractivity contribution in [3.05, 3.63) is 64.2 Å². The van der Waals surface area contributed by atoms with Crippen molar-refractivity contribution in [1.29, 1.82) is 0 Å². The summed E-state index contributed by atoms with van der Waals surface area (Å²) in [6.07, 6.45) is 0. The average molecular weight is 303 g/mol. The highest BCUT2D eigenvalue weighted by Gasteiger charge is 2.18. The van der Waals surface area contributed by atoms with Gasteiger partial charge >= 0.3 is 0 Å². The van der Waals surface area contributed by atoms with E-state index >= 15 is 0 Å². The number of benzene rings is 2. The normalized spacial score (nSPS) is 12.3. The molecular formula is C14H10Cl2F2O. The number of methoxy groups -OCH3 is 1. The highest BCUT2D eigenvalue weighted by Crippen LogP contribution is 2.36. The molecule has 1 unspecified atom stereocenters. The van der Waals surface area contributed by atoms with E-state index in [0.29, 0.717) is 16.3 Å². The van der Waals surface area contributed by atoms with Gasteiger partial charge in [0.2, 0.25) is 0 Å². The maximum Gasteiger partial charge on any atom is 0.131 e. The SMILES string of the molecule is COc1ccc(C(Cl)c2ccc(F)cc2F)c(Cl)c1. The van der Waals surface area contributed by atoms with E-state index in [0.717, 1.165) is 12.1 Å². The number of halogens is 4. The first-order chi connectivity index (χ1) is 9.02. The molecular weight excluding hydrogens is 293 g/mol. The van der Waals surface area contributed by atoms with Crippen LogP contribution in [0, 0.1) is 11.6 Å². The van der Waals surface area contributed by atoms with Crippen LogP contribution in [0.5, 0.6) is 5.75 Å². The van der Waals surface area contributed by atoms with Crippen molar-refractivity contribution in [3.8, 4) is 5.75 Å². The van der Waals surface area contributed by atoms with Gasteiger partial charge in [0.1, 0.15) is 17.4 Å². The average Bonchev–Trinajstić information content (AvgIpc) is 2.37. The van der Waals surface area contributed by atoms with Crippen LogP contribution in [-0.2, 0) is 0 Å². The third-order valence-electron chi connectivity index (χ3n) is 2.72. The van der Waals surface area contributed by atoms with Gasteiger partial charge in [-0.1, -0.05) is 23.7 Å². The predicted octanol–water partition coefficient (Wildman–Crippen LogP) is 4.96. The summed E-state index contributed by atoms with van der Waals surface area (Å²) < 4.78 is 31.6. The van der Waals surface area contributed by atoms with Crippen molar-refractivity contribution < 1.29 is 13.5 Å². The van der Waals surface area contributed by atoms with Gasteiger partial charge < -0.3 is 4.74 Å². The molecule has 0 aliphatic heterocycles. The smallest absolute Gasteiger partial charge is 0.131 e. The minimum atomic E-state index is -0.793. The Kier molecular flexibility index (Phi) is 4.27. The van der Waals surface area contributed by atoms with E-state index in [1.807, 2.05) is 0 Å². The maximum absolute atomic E-state index is 13.7. The summed E-state index contributed by atoms with van der Waals surface area (Å²) in [6.45, 7) is 0. The van der Waals surface area contributed by atoms with E-state index in [1.54, 1.807) is 18.2 Å². The molecule has 0 heterocycles. The van der Waals surface area contributed by atoms with E-state index in [9.17, 15) is 8.78 Å². The van der Waals surface area contributed by atoms with Crippen molar-refractivity contribution in [3.63, 3.8) is 0 Å². The molecule has 100 valence electrons. The van der Waals surface area contributed by atoms with E-state index in [-0.39, 0.29) is 5.56 Å². The van der Waals surface area contributed by atoms with Crippen molar-refractivity contribution in [2.75, 3.05) is 7.11 Å². The zero-order valence-electron chi connectivity index (χ0n) is 9.96. The van der Waals surface area contributed by atoms with Gasteiger partial charge in [-0.3, -0.25) is 0 Å². The molecule has 19 heavy (non-hydrogen) atoms. The molecule has 2 rings (SSSR count). The molecule has 2 aromatic carbocycles. The van der Waals surface area contributed by atoms with Crippen LogP contribution < -0.4 is 4.74 Å². The largest absolute Gasteiger partial charge is 0.497 e. The van der Waals surface area contributed by atoms with Gasteiger partial charge in [0.25, 0.3) is 0 Å². The minimum absolute atomic E-state index is 0.176. The van der Waals surface area contributed by atoms with Crippen LogP contribution in [0.3, 0.4) is 0 Å². The Morgan fingerprint density at radius 3 is 2.32 bits per heavy atom. The molecule has 1 nitrogen and oxygen atoms in total. The fourth-order valence-electron chi connectivity index (χ4n) is 1.71. The van der Waals surface area contributed by atoms with Gasteiger partial charge in [-0.05, 0) is 23.8 Å². The monoisotopic (exact) mass is 302 g/mol. The van der Waals surface area contributed by atoms with Gasteiger partial charge in [-0.25, -0.2) is 8.78 Å². The van der Waals surface area contributed by atoms with E-state index in [2.05, 4.69) is 0 Å². The molecule has 0 aliphatic carbocycles. The maximum atomic E-state index is 13.7. The summed E-state index contributed by atoms with van der Waals surface area (Å²) >= 11 is 12.3. The van der Waals surface area contributed by atoms with E-state index in [1.165, 1.54) is 13.2 Å². The Balaban J connectivity index is 2.41. The Morgan fingerprint density at radius 2 is 1.74 bits per heavy atom. The molecule has 0 saturated carbocycles. The zero-order valence-corrected chi connectivity index (χ0v) is 11.5. The number of rotatable bonds is 3. The lowest BCUT2D eigenvalue weighted by Gasteiger charge is -2.14. The predicted molar refractivity (Wildman–Crippen MR) is 72.1 cm³/mol. The van der Waals surface area contributed by atoms with Crippen molar-refractivity contribution >= 4 is 23.2 Å². The van der Waals surface area contributed by atoms with Crippen LogP contribution in [0.4, 0.5) is 8.78 Å². The molecule has 2 aromatic rings. The summed E-state index contributed by atoms with van der Waals surface area (Å²) in [5, 5.41) is -0.429. The second kappa shape index (κ2) is 5.76. The molecule has 5 heteroatoms. The number of hydrogen-bond acceptors (Lipinski definition) is 1. The molecule has 0 radical (unpaired) electrons. The van der Waals surface area contributed by atoms with Crippen LogP contribution >= 0.6 is 23.2 Å². The van der Waals surface area contributed by atoms with Crippen LogP contribution in [0.1, 0.15) is 16.5 Å². The number of ether oxygens (including phenoxy) is 1. The van der Waals surface area contributed by atoms with Gasteiger partial charge in [0.05, 0.1) is 12.5 Å². The van der Waals surface area contributed by atoms with Gasteiger partial charge in [0.15, 0.2) is 0 Å². The summed E-state index contributed by atoms with van der Waals surface area (Å²) in [4.78, 5) is 0. The fourth-order valence-corrected chi connectivity index (χ4v) is 2.42. The van der Waals surface area contributed by atoms with Crippen molar-refractivity contribution in [2.24, 2.45) is 0 Å². The fraction of sp³-hybridized carbons (Fsp3) is 0.143. The van der Waals surface area contributed by atoms with Crippen molar-refractivity contribution in [2.45, 2.75) is 5.38 Å². The van der Waals surface area contributed by atoms with E-state index in [4.69, 9.17) is 27.9 Å². The molecule has 1 atom stereocenters. The van der Waals surface area contributed by atoms with Gasteiger partial charge in [0, 0.05) is 16.7 Å². The third-order valence-corrected chi connectivity index (χ3v) is 3.51. The minimum Gasteiger partial charge on any atom is -0.497 e. The summed E-state index contributed by atoms with van der Waals surface area (Å²) in [5.41, 5.74) is 0.713. The summed E-state index contributed by atoms with van der Waals surface area (Å²) in [6, 6.07) is 8.18. The standard InChI is InChI=1S/C14H10Cl2F2O/c1-19-9-3-5-10(12(15)7-9)14(16)11-4-2-8(17)6-13(11)18/h2-7,14H,1H3. The Hall–Kier alpha value is -1.32. The van der Waals surface area contributed by atoms with E-state index < -0.39 is 17.0 Å². The van der Waals surface area contributed by atoms with Crippen LogP contribution in [0.2, 0.25) is 5.02 Å². The second-order valence-corrected chi connectivity index (χ2v) is 4.76. The zero-order chi connectivity index (χ0) is 14.0. The lowest BCUT2D eigenvalue weighted by Crippen LogP contribution is -1.99. The molecule has 0 N–H and O–H groups in total. The first-order valence-corrected chi connectivity index (χ1v) is 6.27.